The summed E-state index contributed by atoms with van der Waals surface area (Å²) in [6.45, 7) is 0. The number of anilines is 1. The lowest BCUT2D eigenvalue weighted by Gasteiger charge is -2.16. The second-order valence-corrected chi connectivity index (χ2v) is 5.30. The van der Waals surface area contributed by atoms with Crippen molar-refractivity contribution in [2.45, 2.75) is 19.3 Å². The Morgan fingerprint density at radius 2 is 2.00 bits per heavy atom. The zero-order valence-electron chi connectivity index (χ0n) is 10.9. The van der Waals surface area contributed by atoms with Crippen LogP contribution in [0.15, 0.2) is 18.2 Å². The van der Waals surface area contributed by atoms with Gasteiger partial charge < -0.3 is 10.4 Å². The number of hydrogen-bond donors (Lipinski definition) is 2. The van der Waals surface area contributed by atoms with Crippen molar-refractivity contribution in [1.29, 1.82) is 0 Å². The van der Waals surface area contributed by atoms with Crippen molar-refractivity contribution in [1.82, 2.24) is 0 Å². The molecule has 0 saturated heterocycles. The van der Waals surface area contributed by atoms with Crippen LogP contribution in [0.1, 0.15) is 19.3 Å². The third kappa shape index (κ3) is 3.30. The van der Waals surface area contributed by atoms with E-state index in [2.05, 4.69) is 5.32 Å². The lowest BCUT2D eigenvalue weighted by Crippen LogP contribution is -2.30. The van der Waals surface area contributed by atoms with E-state index in [4.69, 9.17) is 16.7 Å². The average molecular weight is 313 g/mol. The van der Waals surface area contributed by atoms with Gasteiger partial charge in [-0.25, -0.2) is 0 Å². The predicted octanol–water partition coefficient (Wildman–Crippen LogP) is 2.69. The van der Waals surface area contributed by atoms with Crippen LogP contribution in [0.4, 0.5) is 11.4 Å². The summed E-state index contributed by atoms with van der Waals surface area (Å²) in [5.74, 6) is -2.83. The molecule has 1 aromatic carbocycles. The van der Waals surface area contributed by atoms with E-state index in [0.717, 1.165) is 6.07 Å². The van der Waals surface area contributed by atoms with Gasteiger partial charge in [-0.2, -0.15) is 0 Å². The number of nitro benzene ring substituents is 1. The molecule has 0 radical (unpaired) electrons. The Kier molecular flexibility index (Phi) is 4.42. The van der Waals surface area contributed by atoms with Gasteiger partial charge in [0.25, 0.3) is 5.69 Å². The van der Waals surface area contributed by atoms with Crippen LogP contribution in [-0.4, -0.2) is 21.9 Å². The van der Waals surface area contributed by atoms with Crippen LogP contribution in [-0.2, 0) is 9.59 Å². The van der Waals surface area contributed by atoms with Crippen molar-refractivity contribution >= 4 is 34.9 Å². The number of carbonyl (C=O) groups excluding carboxylic acids is 1. The van der Waals surface area contributed by atoms with Crippen LogP contribution in [0.2, 0.25) is 5.02 Å². The van der Waals surface area contributed by atoms with E-state index >= 15 is 0 Å². The topological polar surface area (TPSA) is 110 Å². The highest BCUT2D eigenvalue weighted by Crippen LogP contribution is 2.34. The lowest BCUT2D eigenvalue weighted by molar-refractivity contribution is -0.384. The van der Waals surface area contributed by atoms with Crippen LogP contribution >= 0.6 is 11.6 Å². The summed E-state index contributed by atoms with van der Waals surface area (Å²) in [7, 11) is 0. The maximum absolute atomic E-state index is 12.2. The molecule has 8 heteroatoms. The molecular formula is C13H13ClN2O5. The van der Waals surface area contributed by atoms with Crippen LogP contribution in [0.3, 0.4) is 0 Å². The van der Waals surface area contributed by atoms with E-state index in [1.807, 2.05) is 0 Å². The number of aliphatic carboxylic acids is 1. The van der Waals surface area contributed by atoms with Gasteiger partial charge in [0.1, 0.15) is 0 Å². The van der Waals surface area contributed by atoms with Gasteiger partial charge in [0.05, 0.1) is 27.5 Å². The molecule has 1 aliphatic rings. The number of nitrogens with one attached hydrogen (secondary N) is 1. The monoisotopic (exact) mass is 312 g/mol. The van der Waals surface area contributed by atoms with Crippen LogP contribution < -0.4 is 5.32 Å². The number of halogens is 1. The Labute approximate surface area is 125 Å². The van der Waals surface area contributed by atoms with Crippen molar-refractivity contribution in [2.75, 3.05) is 5.32 Å². The first-order valence-electron chi connectivity index (χ1n) is 6.37. The number of hydrogen-bond acceptors (Lipinski definition) is 4. The molecule has 0 bridgehead atoms. The van der Waals surface area contributed by atoms with Gasteiger partial charge in [-0.05, 0) is 18.9 Å². The maximum Gasteiger partial charge on any atom is 0.307 e. The molecule has 0 aliphatic heterocycles. The number of amides is 1. The zero-order chi connectivity index (χ0) is 15.6. The minimum Gasteiger partial charge on any atom is -0.481 e. The quantitative estimate of drug-likeness (QED) is 0.656. The van der Waals surface area contributed by atoms with E-state index in [-0.39, 0.29) is 16.4 Å². The Morgan fingerprint density at radius 1 is 1.33 bits per heavy atom. The molecule has 1 saturated carbocycles. The molecule has 1 amide bonds. The number of carboxylic acids is 1. The van der Waals surface area contributed by atoms with Crippen molar-refractivity contribution < 1.29 is 19.6 Å². The molecule has 1 aliphatic carbocycles. The fourth-order valence-electron chi connectivity index (χ4n) is 2.52. The number of rotatable bonds is 4. The molecule has 0 spiro atoms. The molecule has 112 valence electrons. The molecule has 1 aromatic rings. The van der Waals surface area contributed by atoms with Gasteiger partial charge in [-0.3, -0.25) is 19.7 Å². The minimum absolute atomic E-state index is 0.118. The number of nitrogens with zero attached hydrogens (tertiary/aromatic N) is 1. The smallest absolute Gasteiger partial charge is 0.307 e. The van der Waals surface area contributed by atoms with Crippen LogP contribution in [0.5, 0.6) is 0 Å². The molecule has 2 N–H and O–H groups in total. The van der Waals surface area contributed by atoms with Gasteiger partial charge in [-0.15, -0.1) is 0 Å². The first kappa shape index (κ1) is 15.2. The summed E-state index contributed by atoms with van der Waals surface area (Å²) in [4.78, 5) is 33.4. The third-order valence-corrected chi connectivity index (χ3v) is 3.92. The van der Waals surface area contributed by atoms with Gasteiger partial charge in [0, 0.05) is 12.1 Å². The number of nitro groups is 1. The summed E-state index contributed by atoms with van der Waals surface area (Å²) >= 11 is 5.90. The predicted molar refractivity (Wildman–Crippen MR) is 75.2 cm³/mol. The number of carbonyl (C=O) groups is 2. The van der Waals surface area contributed by atoms with Crippen LogP contribution in [0.25, 0.3) is 0 Å². The van der Waals surface area contributed by atoms with Crippen molar-refractivity contribution in [3.63, 3.8) is 0 Å². The first-order valence-corrected chi connectivity index (χ1v) is 6.75. The number of non-ortho nitro benzene ring substituents is 1. The molecule has 0 heterocycles. The highest BCUT2D eigenvalue weighted by atomic mass is 35.5. The summed E-state index contributed by atoms with van der Waals surface area (Å²) in [5, 5.41) is 22.5. The number of benzene rings is 1. The zero-order valence-corrected chi connectivity index (χ0v) is 11.7. The SMILES string of the molecule is O=C(O)C1CCCC1C(=O)Nc1cc([N+](=O)[O-])ccc1Cl. The summed E-state index contributed by atoms with van der Waals surface area (Å²) in [5.41, 5.74) is -0.0807. The molecule has 1 fully saturated rings. The second kappa shape index (κ2) is 6.09. The standard InChI is InChI=1S/C13H13ClN2O5/c14-10-5-4-7(16(20)21)6-11(10)15-12(17)8-2-1-3-9(8)13(18)19/h4-6,8-9H,1-3H2,(H,15,17)(H,18,19). The third-order valence-electron chi connectivity index (χ3n) is 3.59. The molecule has 7 nitrogen and oxygen atoms in total. The highest BCUT2D eigenvalue weighted by molar-refractivity contribution is 6.33. The Morgan fingerprint density at radius 3 is 2.62 bits per heavy atom. The van der Waals surface area contributed by atoms with E-state index in [0.29, 0.717) is 19.3 Å². The molecule has 2 atom stereocenters. The minimum atomic E-state index is -1.00. The van der Waals surface area contributed by atoms with E-state index in [1.165, 1.54) is 12.1 Å². The first-order chi connectivity index (χ1) is 9.90. The van der Waals surface area contributed by atoms with Gasteiger partial charge in [0.2, 0.25) is 5.91 Å². The molecule has 2 unspecified atom stereocenters. The Hall–Kier alpha value is -2.15. The largest absolute Gasteiger partial charge is 0.481 e. The molecule has 21 heavy (non-hydrogen) atoms. The molecule has 2 rings (SSSR count). The van der Waals surface area contributed by atoms with Crippen molar-refractivity contribution in [3.8, 4) is 0 Å². The molecule has 0 aromatic heterocycles. The normalized spacial score (nSPS) is 21.0. The van der Waals surface area contributed by atoms with E-state index in [1.54, 1.807) is 0 Å². The van der Waals surface area contributed by atoms with Gasteiger partial charge >= 0.3 is 5.97 Å². The van der Waals surface area contributed by atoms with Gasteiger partial charge in [-0.1, -0.05) is 18.0 Å². The van der Waals surface area contributed by atoms with Crippen molar-refractivity contribution in [2.24, 2.45) is 11.8 Å². The maximum atomic E-state index is 12.2. The fourth-order valence-corrected chi connectivity index (χ4v) is 2.68. The lowest BCUT2D eigenvalue weighted by atomic mass is 9.95. The van der Waals surface area contributed by atoms with Gasteiger partial charge in [0.15, 0.2) is 0 Å². The summed E-state index contributed by atoms with van der Waals surface area (Å²) in [6, 6.07) is 3.71. The molecular weight excluding hydrogens is 300 g/mol. The summed E-state index contributed by atoms with van der Waals surface area (Å²) in [6.07, 6.45) is 1.60. The summed E-state index contributed by atoms with van der Waals surface area (Å²) < 4.78 is 0. The average Bonchev–Trinajstić information content (AvgIpc) is 2.90. The van der Waals surface area contributed by atoms with E-state index in [9.17, 15) is 19.7 Å². The van der Waals surface area contributed by atoms with Crippen LogP contribution in [0, 0.1) is 22.0 Å². The second-order valence-electron chi connectivity index (χ2n) is 4.89. The fraction of sp³-hybridized carbons (Fsp3) is 0.385. The Balaban J connectivity index is 2.18. The van der Waals surface area contributed by atoms with E-state index < -0.39 is 28.6 Å². The Bertz CT molecular complexity index is 604. The number of carboxylic acid groups (broad SMARTS) is 1. The van der Waals surface area contributed by atoms with Crippen molar-refractivity contribution in [3.05, 3.63) is 33.3 Å². The highest BCUT2D eigenvalue weighted by Gasteiger charge is 2.37.